The van der Waals surface area contributed by atoms with Gasteiger partial charge in [0, 0.05) is 11.8 Å². The summed E-state index contributed by atoms with van der Waals surface area (Å²) in [6, 6.07) is 2.23. The van der Waals surface area contributed by atoms with E-state index in [1.54, 1.807) is 4.68 Å². The van der Waals surface area contributed by atoms with Gasteiger partial charge in [-0.05, 0) is 31.9 Å². The normalized spacial score (nSPS) is 10.8. The number of carboxylic acid groups (broad SMARTS) is 1. The first-order chi connectivity index (χ1) is 9.36. The maximum atomic E-state index is 13.8. The summed E-state index contributed by atoms with van der Waals surface area (Å²) in [5.74, 6) is -2.17. The van der Waals surface area contributed by atoms with Crippen LogP contribution in [0.1, 0.15) is 34.2 Å². The van der Waals surface area contributed by atoms with Crippen LogP contribution in [0.3, 0.4) is 0 Å². The number of hydrogen-bond acceptors (Lipinski definition) is 3. The number of nitrogen functional groups attached to an aromatic ring is 1. The van der Waals surface area contributed by atoms with E-state index in [0.29, 0.717) is 5.69 Å². The molecule has 0 spiro atoms. The monoisotopic (exact) mass is 277 g/mol. The Morgan fingerprint density at radius 3 is 2.60 bits per heavy atom. The van der Waals surface area contributed by atoms with Gasteiger partial charge in [0.05, 0.1) is 22.6 Å². The van der Waals surface area contributed by atoms with E-state index in [-0.39, 0.29) is 5.69 Å². The minimum Gasteiger partial charge on any atom is -0.478 e. The van der Waals surface area contributed by atoms with Crippen molar-refractivity contribution in [2.75, 3.05) is 5.73 Å². The van der Waals surface area contributed by atoms with Crippen molar-refractivity contribution >= 4 is 11.7 Å². The van der Waals surface area contributed by atoms with E-state index in [1.165, 1.54) is 0 Å². The second-order valence-corrected chi connectivity index (χ2v) is 4.61. The van der Waals surface area contributed by atoms with Crippen LogP contribution in [-0.4, -0.2) is 20.9 Å². The fourth-order valence-corrected chi connectivity index (χ4v) is 2.35. The second-order valence-electron chi connectivity index (χ2n) is 4.61. The molecule has 1 aromatic heterocycles. The molecule has 0 saturated carbocycles. The molecule has 0 atom stereocenters. The number of rotatable bonds is 3. The van der Waals surface area contributed by atoms with Crippen LogP contribution in [0.15, 0.2) is 12.1 Å². The highest BCUT2D eigenvalue weighted by atomic mass is 19.1. The lowest BCUT2D eigenvalue weighted by Crippen LogP contribution is -2.08. The number of aryl methyl sites for hydroxylation is 1. The fraction of sp³-hybridized carbons (Fsp3) is 0.286. The van der Waals surface area contributed by atoms with Gasteiger partial charge in [-0.25, -0.2) is 13.9 Å². The van der Waals surface area contributed by atoms with Crippen molar-refractivity contribution in [3.63, 3.8) is 0 Å². The average Bonchev–Trinajstić information content (AvgIpc) is 2.66. The number of halogens is 1. The topological polar surface area (TPSA) is 81.1 Å². The zero-order valence-electron chi connectivity index (χ0n) is 11.6. The zero-order valence-corrected chi connectivity index (χ0v) is 11.6. The molecule has 5 nitrogen and oxygen atoms in total. The third kappa shape index (κ3) is 2.13. The lowest BCUT2D eigenvalue weighted by molar-refractivity contribution is 0.0692. The molecule has 20 heavy (non-hydrogen) atoms. The summed E-state index contributed by atoms with van der Waals surface area (Å²) in [6.45, 7) is 5.76. The maximum Gasteiger partial charge on any atom is 0.338 e. The highest BCUT2D eigenvalue weighted by molar-refractivity contribution is 5.90. The summed E-state index contributed by atoms with van der Waals surface area (Å²) in [6.07, 6.45) is 0.813. The average molecular weight is 277 g/mol. The number of nitrogens with zero attached hydrogens (tertiary/aromatic N) is 2. The molecule has 1 heterocycles. The SMILES string of the molecule is CCc1c(C)nn(-c2cc(F)c(C(=O)O)cc2N)c1C. The number of aromatic nitrogens is 2. The Balaban J connectivity index is 2.65. The Morgan fingerprint density at radius 2 is 2.10 bits per heavy atom. The third-order valence-corrected chi connectivity index (χ3v) is 3.37. The number of carbonyl (C=O) groups is 1. The van der Waals surface area contributed by atoms with Crippen molar-refractivity contribution in [3.8, 4) is 5.69 Å². The van der Waals surface area contributed by atoms with E-state index < -0.39 is 17.3 Å². The molecular weight excluding hydrogens is 261 g/mol. The molecule has 2 aromatic rings. The molecule has 0 aliphatic carbocycles. The fourth-order valence-electron chi connectivity index (χ4n) is 2.35. The highest BCUT2D eigenvalue weighted by Crippen LogP contribution is 2.25. The third-order valence-electron chi connectivity index (χ3n) is 3.37. The van der Waals surface area contributed by atoms with Gasteiger partial charge >= 0.3 is 5.97 Å². The van der Waals surface area contributed by atoms with Crippen molar-refractivity contribution in [2.24, 2.45) is 0 Å². The Morgan fingerprint density at radius 1 is 1.45 bits per heavy atom. The van der Waals surface area contributed by atoms with Gasteiger partial charge in [0.15, 0.2) is 0 Å². The van der Waals surface area contributed by atoms with Crippen LogP contribution in [0.2, 0.25) is 0 Å². The summed E-state index contributed by atoms with van der Waals surface area (Å²) in [4.78, 5) is 10.9. The number of hydrogen-bond donors (Lipinski definition) is 2. The van der Waals surface area contributed by atoms with E-state index in [2.05, 4.69) is 5.10 Å². The van der Waals surface area contributed by atoms with Crippen molar-refractivity contribution in [1.82, 2.24) is 9.78 Å². The van der Waals surface area contributed by atoms with Crippen molar-refractivity contribution in [1.29, 1.82) is 0 Å². The minimum absolute atomic E-state index is 0.178. The van der Waals surface area contributed by atoms with Gasteiger partial charge in [0.2, 0.25) is 0 Å². The van der Waals surface area contributed by atoms with Crippen molar-refractivity contribution < 1.29 is 14.3 Å². The molecule has 0 saturated heterocycles. The summed E-state index contributed by atoms with van der Waals surface area (Å²) < 4.78 is 15.4. The van der Waals surface area contributed by atoms with Crippen LogP contribution in [0, 0.1) is 19.7 Å². The number of benzene rings is 1. The van der Waals surface area contributed by atoms with Crippen molar-refractivity contribution in [3.05, 3.63) is 40.5 Å². The molecule has 3 N–H and O–H groups in total. The quantitative estimate of drug-likeness (QED) is 0.844. The minimum atomic E-state index is -1.34. The van der Waals surface area contributed by atoms with Gasteiger partial charge in [-0.15, -0.1) is 0 Å². The molecule has 2 rings (SSSR count). The Hall–Kier alpha value is -2.37. The molecule has 106 valence electrons. The molecule has 0 radical (unpaired) electrons. The number of aromatic carboxylic acids is 1. The lowest BCUT2D eigenvalue weighted by Gasteiger charge is -2.10. The molecule has 1 aromatic carbocycles. The Labute approximate surface area is 115 Å². The summed E-state index contributed by atoms with van der Waals surface area (Å²) >= 11 is 0. The molecule has 0 aliphatic rings. The van der Waals surface area contributed by atoms with Gasteiger partial charge in [-0.1, -0.05) is 6.92 Å². The molecule has 0 bridgehead atoms. The summed E-state index contributed by atoms with van der Waals surface area (Å²) in [5, 5.41) is 13.2. The lowest BCUT2D eigenvalue weighted by atomic mass is 10.1. The van der Waals surface area contributed by atoms with Gasteiger partial charge in [0.1, 0.15) is 5.82 Å². The number of nitrogens with two attached hydrogens (primary N) is 1. The largest absolute Gasteiger partial charge is 0.478 e. The number of carboxylic acids is 1. The molecule has 0 amide bonds. The molecule has 0 aliphatic heterocycles. The predicted molar refractivity (Wildman–Crippen MR) is 73.7 cm³/mol. The van der Waals surface area contributed by atoms with Crippen LogP contribution in [0.4, 0.5) is 10.1 Å². The first-order valence-electron chi connectivity index (χ1n) is 6.24. The van der Waals surface area contributed by atoms with Gasteiger partial charge in [-0.2, -0.15) is 5.10 Å². The molecule has 6 heteroatoms. The molecular formula is C14H16FN3O2. The van der Waals surface area contributed by atoms with E-state index in [1.807, 2.05) is 20.8 Å². The van der Waals surface area contributed by atoms with E-state index in [9.17, 15) is 9.18 Å². The number of anilines is 1. The zero-order chi connectivity index (χ0) is 15.0. The molecule has 0 fully saturated rings. The van der Waals surface area contributed by atoms with Crippen LogP contribution >= 0.6 is 0 Å². The second kappa shape index (κ2) is 4.96. The summed E-state index contributed by atoms with van der Waals surface area (Å²) in [7, 11) is 0. The predicted octanol–water partition coefficient (Wildman–Crippen LogP) is 2.47. The van der Waals surface area contributed by atoms with Gasteiger partial charge < -0.3 is 10.8 Å². The van der Waals surface area contributed by atoms with Crippen molar-refractivity contribution in [2.45, 2.75) is 27.2 Å². The first-order valence-corrected chi connectivity index (χ1v) is 6.24. The van der Waals surface area contributed by atoms with Crippen LogP contribution < -0.4 is 5.73 Å². The van der Waals surface area contributed by atoms with Crippen LogP contribution in [-0.2, 0) is 6.42 Å². The van der Waals surface area contributed by atoms with Gasteiger partial charge in [-0.3, -0.25) is 0 Å². The van der Waals surface area contributed by atoms with Gasteiger partial charge in [0.25, 0.3) is 0 Å². The van der Waals surface area contributed by atoms with E-state index in [0.717, 1.165) is 35.5 Å². The Bertz CT molecular complexity index is 692. The van der Waals surface area contributed by atoms with E-state index >= 15 is 0 Å². The maximum absolute atomic E-state index is 13.8. The molecule has 0 unspecified atom stereocenters. The summed E-state index contributed by atoms with van der Waals surface area (Å²) in [5.41, 5.74) is 8.73. The standard InChI is InChI=1S/C14H16FN3O2/c1-4-9-7(2)17-18(8(9)3)13-6-11(15)10(14(19)20)5-12(13)16/h5-6H,4,16H2,1-3H3,(H,19,20). The first kappa shape index (κ1) is 14.0. The Kier molecular flexibility index (Phi) is 3.48. The van der Waals surface area contributed by atoms with Crippen LogP contribution in [0.5, 0.6) is 0 Å². The smallest absolute Gasteiger partial charge is 0.338 e. The van der Waals surface area contributed by atoms with E-state index in [4.69, 9.17) is 10.8 Å². The highest BCUT2D eigenvalue weighted by Gasteiger charge is 2.18. The van der Waals surface area contributed by atoms with Crippen LogP contribution in [0.25, 0.3) is 5.69 Å².